The molecule has 2 aromatic rings. The van der Waals surface area contributed by atoms with Crippen LogP contribution < -0.4 is 15.5 Å². The van der Waals surface area contributed by atoms with Crippen LogP contribution in [0.15, 0.2) is 36.7 Å². The molecule has 0 radical (unpaired) electrons. The third-order valence-corrected chi connectivity index (χ3v) is 3.98. The molecule has 0 bridgehead atoms. The highest BCUT2D eigenvalue weighted by atomic mass is 16.1. The third kappa shape index (κ3) is 5.45. The zero-order chi connectivity index (χ0) is 18.1. The van der Waals surface area contributed by atoms with E-state index in [0.29, 0.717) is 11.5 Å². The zero-order valence-corrected chi connectivity index (χ0v) is 15.2. The van der Waals surface area contributed by atoms with E-state index in [1.807, 2.05) is 24.3 Å². The number of anilines is 3. The Balaban J connectivity index is 1.95. The van der Waals surface area contributed by atoms with Crippen LogP contribution in [-0.2, 0) is 0 Å². The molecule has 0 aliphatic rings. The lowest BCUT2D eigenvalue weighted by Gasteiger charge is -2.21. The molecule has 1 amide bonds. The summed E-state index contributed by atoms with van der Waals surface area (Å²) in [5, 5.41) is 6.00. The summed E-state index contributed by atoms with van der Waals surface area (Å²) in [6, 6.07) is 7.85. The molecule has 25 heavy (non-hydrogen) atoms. The van der Waals surface area contributed by atoms with Crippen LogP contribution in [0.2, 0.25) is 0 Å². The van der Waals surface area contributed by atoms with Gasteiger partial charge in [-0.25, -0.2) is 9.97 Å². The first kappa shape index (κ1) is 18.7. The van der Waals surface area contributed by atoms with Crippen LogP contribution >= 0.6 is 0 Å². The summed E-state index contributed by atoms with van der Waals surface area (Å²) in [5.41, 5.74) is 2.34. The van der Waals surface area contributed by atoms with Gasteiger partial charge in [0.15, 0.2) is 0 Å². The quantitative estimate of drug-likeness (QED) is 0.679. The van der Waals surface area contributed by atoms with Gasteiger partial charge in [-0.15, -0.1) is 0 Å². The number of hydrogen-bond donors (Lipinski definition) is 2. The lowest BCUT2D eigenvalue weighted by Crippen LogP contribution is -2.21. The van der Waals surface area contributed by atoms with Crippen molar-refractivity contribution in [3.8, 4) is 0 Å². The van der Waals surface area contributed by atoms with Gasteiger partial charge < -0.3 is 15.5 Å². The molecular weight excluding hydrogens is 314 g/mol. The minimum absolute atomic E-state index is 0.212. The van der Waals surface area contributed by atoms with Gasteiger partial charge in [-0.2, -0.15) is 0 Å². The van der Waals surface area contributed by atoms with Gasteiger partial charge in [-0.05, 0) is 44.5 Å². The van der Waals surface area contributed by atoms with Crippen molar-refractivity contribution in [2.24, 2.45) is 0 Å². The van der Waals surface area contributed by atoms with Crippen molar-refractivity contribution in [3.05, 3.63) is 42.2 Å². The molecule has 1 aromatic carbocycles. The summed E-state index contributed by atoms with van der Waals surface area (Å²) in [4.78, 5) is 22.9. The van der Waals surface area contributed by atoms with E-state index in [-0.39, 0.29) is 5.91 Å². The molecule has 0 unspecified atom stereocenters. The topological polar surface area (TPSA) is 70.2 Å². The first-order valence-electron chi connectivity index (χ1n) is 8.90. The van der Waals surface area contributed by atoms with Crippen molar-refractivity contribution in [1.82, 2.24) is 9.97 Å². The summed E-state index contributed by atoms with van der Waals surface area (Å²) in [5.74, 6) is 0.337. The monoisotopic (exact) mass is 341 g/mol. The fourth-order valence-electron chi connectivity index (χ4n) is 2.46. The summed E-state index contributed by atoms with van der Waals surface area (Å²) in [6.07, 6.45) is 5.26. The van der Waals surface area contributed by atoms with Gasteiger partial charge in [-0.3, -0.25) is 4.79 Å². The molecular formula is C19H27N5O. The number of amides is 1. The second-order valence-electron chi connectivity index (χ2n) is 5.75. The Bertz CT molecular complexity index is 651. The fourth-order valence-corrected chi connectivity index (χ4v) is 2.46. The highest BCUT2D eigenvalue weighted by Gasteiger charge is 2.08. The molecule has 1 heterocycles. The predicted molar refractivity (Wildman–Crippen MR) is 103 cm³/mol. The fraction of sp³-hybridized carbons (Fsp3) is 0.421. The first-order valence-corrected chi connectivity index (χ1v) is 8.90. The van der Waals surface area contributed by atoms with Crippen LogP contribution in [0.3, 0.4) is 0 Å². The summed E-state index contributed by atoms with van der Waals surface area (Å²) < 4.78 is 0. The van der Waals surface area contributed by atoms with Crippen LogP contribution in [0, 0.1) is 0 Å². The number of rotatable bonds is 9. The van der Waals surface area contributed by atoms with E-state index in [2.05, 4.69) is 46.3 Å². The van der Waals surface area contributed by atoms with Gasteiger partial charge >= 0.3 is 0 Å². The van der Waals surface area contributed by atoms with E-state index >= 15 is 0 Å². The number of carbonyl (C=O) groups is 1. The number of aromatic nitrogens is 2. The number of unbranched alkanes of at least 4 members (excludes halogenated alkanes) is 1. The molecule has 0 aliphatic heterocycles. The van der Waals surface area contributed by atoms with E-state index in [1.54, 1.807) is 12.4 Å². The largest absolute Gasteiger partial charge is 0.372 e. The molecule has 0 fully saturated rings. The van der Waals surface area contributed by atoms with Crippen molar-refractivity contribution < 1.29 is 4.79 Å². The Morgan fingerprint density at radius 3 is 2.24 bits per heavy atom. The number of nitrogens with one attached hydrogen (secondary N) is 2. The maximum absolute atomic E-state index is 12.3. The second-order valence-corrected chi connectivity index (χ2v) is 5.75. The third-order valence-electron chi connectivity index (χ3n) is 3.98. The second kappa shape index (κ2) is 9.61. The average Bonchev–Trinajstić information content (AvgIpc) is 2.65. The molecule has 0 spiro atoms. The molecule has 2 rings (SSSR count). The molecule has 134 valence electrons. The van der Waals surface area contributed by atoms with E-state index in [4.69, 9.17) is 0 Å². The van der Waals surface area contributed by atoms with Crippen molar-refractivity contribution in [2.75, 3.05) is 35.2 Å². The van der Waals surface area contributed by atoms with Crippen LogP contribution in [0.1, 0.15) is 44.0 Å². The highest BCUT2D eigenvalue weighted by Crippen LogP contribution is 2.18. The molecule has 6 heteroatoms. The van der Waals surface area contributed by atoms with Crippen molar-refractivity contribution in [3.63, 3.8) is 0 Å². The normalized spacial score (nSPS) is 10.4. The molecule has 2 N–H and O–H groups in total. The Morgan fingerprint density at radius 1 is 1.04 bits per heavy atom. The number of carbonyl (C=O) groups excluding carboxylic acids is 1. The Morgan fingerprint density at radius 2 is 1.68 bits per heavy atom. The summed E-state index contributed by atoms with van der Waals surface area (Å²) in [7, 11) is 0. The van der Waals surface area contributed by atoms with Gasteiger partial charge in [0, 0.05) is 43.4 Å². The van der Waals surface area contributed by atoms with Crippen LogP contribution in [0.25, 0.3) is 0 Å². The van der Waals surface area contributed by atoms with Crippen LogP contribution in [0.5, 0.6) is 0 Å². The molecule has 1 aromatic heterocycles. The highest BCUT2D eigenvalue weighted by molar-refractivity contribution is 6.03. The Kier molecular flexibility index (Phi) is 7.19. The van der Waals surface area contributed by atoms with E-state index in [9.17, 15) is 4.79 Å². The van der Waals surface area contributed by atoms with E-state index in [1.165, 1.54) is 0 Å². The lowest BCUT2D eigenvalue weighted by molar-refractivity contribution is 0.102. The smallest absolute Gasteiger partial charge is 0.258 e. The number of nitrogens with zero attached hydrogens (tertiary/aromatic N) is 3. The van der Waals surface area contributed by atoms with Gasteiger partial charge in [0.25, 0.3) is 5.91 Å². The SMILES string of the molecule is CCCCNc1ncc(C(=O)Nc2ccc(N(CC)CC)cc2)cn1. The molecule has 0 atom stereocenters. The number of hydrogen-bond acceptors (Lipinski definition) is 5. The molecule has 0 saturated carbocycles. The lowest BCUT2D eigenvalue weighted by atomic mass is 10.2. The Labute approximate surface area is 149 Å². The summed E-state index contributed by atoms with van der Waals surface area (Å²) >= 11 is 0. The Hall–Kier alpha value is -2.63. The van der Waals surface area contributed by atoms with Crippen molar-refractivity contribution >= 4 is 23.2 Å². The summed E-state index contributed by atoms with van der Waals surface area (Å²) in [6.45, 7) is 9.13. The standard InChI is InChI=1S/C19H27N5O/c1-4-7-12-20-19-21-13-15(14-22-19)18(25)23-16-8-10-17(11-9-16)24(5-2)6-3/h8-11,13-14H,4-7,12H2,1-3H3,(H,23,25)(H,20,21,22). The maximum Gasteiger partial charge on any atom is 0.258 e. The van der Waals surface area contributed by atoms with Crippen LogP contribution in [0.4, 0.5) is 17.3 Å². The first-order chi connectivity index (χ1) is 12.2. The molecule has 0 saturated heterocycles. The number of benzene rings is 1. The minimum atomic E-state index is -0.212. The van der Waals surface area contributed by atoms with Gasteiger partial charge in [0.1, 0.15) is 0 Å². The zero-order valence-electron chi connectivity index (χ0n) is 15.2. The van der Waals surface area contributed by atoms with Gasteiger partial charge in [0.2, 0.25) is 5.95 Å². The van der Waals surface area contributed by atoms with Crippen molar-refractivity contribution in [1.29, 1.82) is 0 Å². The average molecular weight is 341 g/mol. The minimum Gasteiger partial charge on any atom is -0.372 e. The predicted octanol–water partition coefficient (Wildman–Crippen LogP) is 3.79. The molecule has 6 nitrogen and oxygen atoms in total. The van der Waals surface area contributed by atoms with Crippen molar-refractivity contribution in [2.45, 2.75) is 33.6 Å². The van der Waals surface area contributed by atoms with E-state index < -0.39 is 0 Å². The van der Waals surface area contributed by atoms with E-state index in [0.717, 1.165) is 43.9 Å². The molecule has 0 aliphatic carbocycles. The van der Waals surface area contributed by atoms with Crippen LogP contribution in [-0.4, -0.2) is 35.5 Å². The van der Waals surface area contributed by atoms with Gasteiger partial charge in [0.05, 0.1) is 5.56 Å². The van der Waals surface area contributed by atoms with Gasteiger partial charge in [-0.1, -0.05) is 13.3 Å². The maximum atomic E-state index is 12.3.